The first-order valence-corrected chi connectivity index (χ1v) is 11.2. The molecule has 2 saturated carbocycles. The average Bonchev–Trinajstić information content (AvgIpc) is 2.79. The molecule has 0 aromatic carbocycles. The van der Waals surface area contributed by atoms with Gasteiger partial charge in [0.2, 0.25) is 0 Å². The van der Waals surface area contributed by atoms with Crippen LogP contribution in [0.25, 0.3) is 0 Å². The molecule has 0 radical (unpaired) electrons. The molecule has 2 N–H and O–H groups in total. The molecular weight excluding hydrogens is 344 g/mol. The van der Waals surface area contributed by atoms with Gasteiger partial charge in [0.25, 0.3) is 0 Å². The highest BCUT2D eigenvalue weighted by atomic mass is 15.1. The molecule has 2 aliphatic carbocycles. The van der Waals surface area contributed by atoms with Gasteiger partial charge in [0.05, 0.1) is 12.1 Å². The fraction of sp³-hybridized carbons (Fsp3) is 0.583. The van der Waals surface area contributed by atoms with Crippen molar-refractivity contribution in [3.8, 4) is 0 Å². The van der Waals surface area contributed by atoms with Gasteiger partial charge in [-0.3, -0.25) is 9.97 Å². The quantitative estimate of drug-likeness (QED) is 0.703. The lowest BCUT2D eigenvalue weighted by molar-refractivity contribution is 0.260. The summed E-state index contributed by atoms with van der Waals surface area (Å²) >= 11 is 0. The Bertz CT molecular complexity index is 617. The topological polar surface area (TPSA) is 49.8 Å². The maximum atomic E-state index is 4.44. The molecule has 4 rings (SSSR count). The third-order valence-corrected chi connectivity index (χ3v) is 6.46. The molecule has 2 aromatic heterocycles. The van der Waals surface area contributed by atoms with Crippen LogP contribution >= 0.6 is 0 Å². The summed E-state index contributed by atoms with van der Waals surface area (Å²) in [6, 6.07) is 10.2. The number of rotatable bonds is 7. The van der Waals surface area contributed by atoms with Crippen molar-refractivity contribution >= 4 is 0 Å². The molecule has 2 fully saturated rings. The van der Waals surface area contributed by atoms with Crippen LogP contribution in [0, 0.1) is 0 Å². The Morgan fingerprint density at radius 3 is 1.43 bits per heavy atom. The van der Waals surface area contributed by atoms with Crippen molar-refractivity contribution in [2.75, 3.05) is 0 Å². The Labute approximate surface area is 169 Å². The number of nitrogens with zero attached hydrogens (tertiary/aromatic N) is 2. The van der Waals surface area contributed by atoms with Gasteiger partial charge in [-0.05, 0) is 48.9 Å². The van der Waals surface area contributed by atoms with Gasteiger partial charge in [-0.2, -0.15) is 0 Å². The van der Waals surface area contributed by atoms with E-state index in [1.807, 2.05) is 24.8 Å². The molecule has 2 aliphatic rings. The molecule has 150 valence electrons. The molecule has 2 aromatic rings. The van der Waals surface area contributed by atoms with Crippen LogP contribution in [0.1, 0.15) is 87.4 Å². The molecule has 0 bridgehead atoms. The molecule has 0 amide bonds. The molecule has 4 nitrogen and oxygen atoms in total. The van der Waals surface area contributed by atoms with Crippen LogP contribution in [0.2, 0.25) is 0 Å². The van der Waals surface area contributed by atoms with Crippen LogP contribution in [-0.4, -0.2) is 22.1 Å². The van der Waals surface area contributed by atoms with Gasteiger partial charge < -0.3 is 10.6 Å². The van der Waals surface area contributed by atoms with Gasteiger partial charge in [-0.25, -0.2) is 0 Å². The Balaban J connectivity index is 1.62. The second-order valence-corrected chi connectivity index (χ2v) is 8.53. The van der Waals surface area contributed by atoms with E-state index < -0.39 is 0 Å². The highest BCUT2D eigenvalue weighted by molar-refractivity contribution is 5.24. The number of pyridine rings is 2. The van der Waals surface area contributed by atoms with E-state index in [9.17, 15) is 0 Å². The molecule has 4 heteroatoms. The molecule has 0 saturated heterocycles. The van der Waals surface area contributed by atoms with Gasteiger partial charge in [-0.15, -0.1) is 0 Å². The van der Waals surface area contributed by atoms with Crippen molar-refractivity contribution in [3.05, 3.63) is 60.2 Å². The largest absolute Gasteiger partial charge is 0.305 e. The van der Waals surface area contributed by atoms with Crippen molar-refractivity contribution in [1.29, 1.82) is 0 Å². The Kier molecular flexibility index (Phi) is 7.07. The van der Waals surface area contributed by atoms with Gasteiger partial charge in [0.1, 0.15) is 0 Å². The normalized spacial score (nSPS) is 21.3. The van der Waals surface area contributed by atoms with Crippen LogP contribution < -0.4 is 10.6 Å². The van der Waals surface area contributed by atoms with Gasteiger partial charge in [-0.1, -0.05) is 50.7 Å². The minimum Gasteiger partial charge on any atom is -0.305 e. The van der Waals surface area contributed by atoms with Gasteiger partial charge in [0.15, 0.2) is 0 Å². The highest BCUT2D eigenvalue weighted by Crippen LogP contribution is 2.33. The minimum atomic E-state index is 0.211. The van der Waals surface area contributed by atoms with Crippen molar-refractivity contribution in [1.82, 2.24) is 20.6 Å². The molecular formula is C24H34N4. The lowest BCUT2D eigenvalue weighted by Gasteiger charge is -2.37. The van der Waals surface area contributed by atoms with Crippen molar-refractivity contribution in [2.45, 2.75) is 88.4 Å². The van der Waals surface area contributed by atoms with E-state index in [2.05, 4.69) is 44.9 Å². The molecule has 0 spiro atoms. The van der Waals surface area contributed by atoms with Crippen LogP contribution in [0.4, 0.5) is 0 Å². The summed E-state index contributed by atoms with van der Waals surface area (Å²) in [5.41, 5.74) is 2.54. The molecule has 2 unspecified atom stereocenters. The summed E-state index contributed by atoms with van der Waals surface area (Å²) in [6.07, 6.45) is 21.0. The first-order valence-electron chi connectivity index (χ1n) is 11.2. The van der Waals surface area contributed by atoms with Crippen molar-refractivity contribution < 1.29 is 0 Å². The van der Waals surface area contributed by atoms with E-state index in [4.69, 9.17) is 0 Å². The summed E-state index contributed by atoms with van der Waals surface area (Å²) < 4.78 is 0. The predicted molar refractivity (Wildman–Crippen MR) is 114 cm³/mol. The first kappa shape index (κ1) is 19.5. The number of hydrogen-bond acceptors (Lipinski definition) is 4. The number of hydrogen-bond donors (Lipinski definition) is 2. The minimum absolute atomic E-state index is 0.211. The van der Waals surface area contributed by atoms with Gasteiger partial charge >= 0.3 is 0 Å². The van der Waals surface area contributed by atoms with Gasteiger partial charge in [0, 0.05) is 36.9 Å². The van der Waals surface area contributed by atoms with E-state index in [-0.39, 0.29) is 12.1 Å². The zero-order chi connectivity index (χ0) is 19.0. The SMILES string of the molecule is c1cncc(C(NC2CCCCC2)C(NC2CCCCC2)c2cccnc2)c1. The summed E-state index contributed by atoms with van der Waals surface area (Å²) in [6.45, 7) is 0. The highest BCUT2D eigenvalue weighted by Gasteiger charge is 2.30. The summed E-state index contributed by atoms with van der Waals surface area (Å²) in [5, 5.41) is 8.06. The standard InChI is InChI=1S/C24H34N4/c1-3-11-21(12-4-1)27-23(19-9-7-15-25-17-19)24(20-10-8-16-26-18-20)28-22-13-5-2-6-14-22/h7-10,15-18,21-24,27-28H,1-6,11-14H2. The van der Waals surface area contributed by atoms with E-state index >= 15 is 0 Å². The zero-order valence-electron chi connectivity index (χ0n) is 16.9. The van der Waals surface area contributed by atoms with E-state index in [1.54, 1.807) is 0 Å². The fourth-order valence-corrected chi connectivity index (χ4v) is 4.94. The summed E-state index contributed by atoms with van der Waals surface area (Å²) in [4.78, 5) is 8.88. The van der Waals surface area contributed by atoms with Crippen molar-refractivity contribution in [2.24, 2.45) is 0 Å². The zero-order valence-corrected chi connectivity index (χ0v) is 16.9. The maximum absolute atomic E-state index is 4.44. The molecule has 0 aliphatic heterocycles. The lowest BCUT2D eigenvalue weighted by Crippen LogP contribution is -2.44. The monoisotopic (exact) mass is 378 g/mol. The molecule has 28 heavy (non-hydrogen) atoms. The van der Waals surface area contributed by atoms with Crippen molar-refractivity contribution in [3.63, 3.8) is 0 Å². The van der Waals surface area contributed by atoms with Crippen LogP contribution in [0.5, 0.6) is 0 Å². The fourth-order valence-electron chi connectivity index (χ4n) is 4.94. The Morgan fingerprint density at radius 1 is 0.643 bits per heavy atom. The lowest BCUT2D eigenvalue weighted by atomic mass is 9.88. The Hall–Kier alpha value is -1.78. The predicted octanol–water partition coefficient (Wildman–Crippen LogP) is 5.10. The number of nitrogens with one attached hydrogen (secondary N) is 2. The van der Waals surface area contributed by atoms with E-state index in [0.29, 0.717) is 12.1 Å². The third-order valence-electron chi connectivity index (χ3n) is 6.46. The van der Waals surface area contributed by atoms with E-state index in [1.165, 1.54) is 75.3 Å². The summed E-state index contributed by atoms with van der Waals surface area (Å²) in [5.74, 6) is 0. The molecule has 2 atom stereocenters. The second kappa shape index (κ2) is 10.1. The molecule has 2 heterocycles. The summed E-state index contributed by atoms with van der Waals surface area (Å²) in [7, 11) is 0. The third kappa shape index (κ3) is 5.18. The average molecular weight is 379 g/mol. The van der Waals surface area contributed by atoms with Crippen LogP contribution in [0.15, 0.2) is 49.1 Å². The Morgan fingerprint density at radius 2 is 1.07 bits per heavy atom. The maximum Gasteiger partial charge on any atom is 0.0536 e. The number of aromatic nitrogens is 2. The van der Waals surface area contributed by atoms with Crippen LogP contribution in [-0.2, 0) is 0 Å². The van der Waals surface area contributed by atoms with E-state index in [0.717, 1.165) is 0 Å². The first-order chi connectivity index (χ1) is 13.9. The van der Waals surface area contributed by atoms with Crippen LogP contribution in [0.3, 0.4) is 0 Å². The smallest absolute Gasteiger partial charge is 0.0536 e. The second-order valence-electron chi connectivity index (χ2n) is 8.53.